The summed E-state index contributed by atoms with van der Waals surface area (Å²) in [4.78, 5) is 32.0. The lowest BCUT2D eigenvalue weighted by atomic mass is 10.1. The first-order valence-electron chi connectivity index (χ1n) is 13.6. The van der Waals surface area contributed by atoms with Gasteiger partial charge in [-0.15, -0.1) is 10.2 Å². The topological polar surface area (TPSA) is 127 Å². The molecule has 0 saturated heterocycles. The van der Waals surface area contributed by atoms with Crippen molar-refractivity contribution in [3.8, 4) is 5.75 Å². The number of aryl methyl sites for hydroxylation is 3. The third kappa shape index (κ3) is 5.96. The highest BCUT2D eigenvalue weighted by Gasteiger charge is 2.20. The number of thioether (sulfide) groups is 1. The molecule has 1 amide bonds. The van der Waals surface area contributed by atoms with Crippen molar-refractivity contribution in [2.24, 2.45) is 0 Å². The van der Waals surface area contributed by atoms with Gasteiger partial charge in [0, 0.05) is 23.5 Å². The van der Waals surface area contributed by atoms with Crippen LogP contribution < -0.4 is 21.1 Å². The maximum atomic E-state index is 13.7. The third-order valence-electron chi connectivity index (χ3n) is 7.10. The predicted molar refractivity (Wildman–Crippen MR) is 173 cm³/mol. The van der Waals surface area contributed by atoms with Crippen LogP contribution in [0.25, 0.3) is 16.7 Å². The van der Waals surface area contributed by atoms with Gasteiger partial charge in [-0.2, -0.15) is 0 Å². The molecule has 13 heteroatoms. The van der Waals surface area contributed by atoms with E-state index in [0.29, 0.717) is 39.4 Å². The number of carbonyl (C=O) groups excluding carboxylic acids is 1. The highest BCUT2D eigenvalue weighted by molar-refractivity contribution is 8.00. The molecule has 0 unspecified atom stereocenters. The molecule has 0 saturated carbocycles. The summed E-state index contributed by atoms with van der Waals surface area (Å²) in [5, 5.41) is 21.3. The number of rotatable bonds is 9. The molecule has 4 aromatic heterocycles. The number of nitrogens with zero attached hydrogens (tertiary/aromatic N) is 5. The van der Waals surface area contributed by atoms with Crippen LogP contribution in [0.2, 0.25) is 5.02 Å². The minimum atomic E-state index is -0.567. The van der Waals surface area contributed by atoms with E-state index in [2.05, 4.69) is 15.5 Å². The average molecular weight is 644 g/mol. The van der Waals surface area contributed by atoms with E-state index in [0.717, 1.165) is 22.4 Å². The highest BCUT2D eigenvalue weighted by Crippen LogP contribution is 2.30. The molecule has 0 fully saturated rings. The Morgan fingerprint density at radius 3 is 2.66 bits per heavy atom. The van der Waals surface area contributed by atoms with Gasteiger partial charge in [-0.1, -0.05) is 71.1 Å². The van der Waals surface area contributed by atoms with Crippen molar-refractivity contribution in [1.82, 2.24) is 24.1 Å². The molecule has 0 atom stereocenters. The van der Waals surface area contributed by atoms with Gasteiger partial charge < -0.3 is 9.30 Å². The Morgan fingerprint density at radius 1 is 1.09 bits per heavy atom. The van der Waals surface area contributed by atoms with E-state index in [-0.39, 0.29) is 27.1 Å². The second-order valence-electron chi connectivity index (χ2n) is 9.90. The standard InChI is InChI=1S/C31H26ClN7O3S2/c1-18-6-5-14-39-26(18)34-27-23(29(39)41)16-22(25(33)38(27)15-13-19-9-11-21(42-2)12-10-19)28(40)35-30-36-37-31(44-30)43-17-20-7-3-4-8-24(20)32/h3-12,14,16,33H,13,15,17H2,1-2H3,(H,35,36,40). The Morgan fingerprint density at radius 2 is 1.89 bits per heavy atom. The minimum Gasteiger partial charge on any atom is -0.497 e. The fourth-order valence-electron chi connectivity index (χ4n) is 4.76. The van der Waals surface area contributed by atoms with E-state index < -0.39 is 5.91 Å². The number of nitrogens with one attached hydrogen (secondary N) is 2. The number of ether oxygens (including phenoxy) is 1. The van der Waals surface area contributed by atoms with Crippen LogP contribution in [-0.2, 0) is 18.7 Å². The monoisotopic (exact) mass is 643 g/mol. The van der Waals surface area contributed by atoms with E-state index in [9.17, 15) is 9.59 Å². The molecule has 0 radical (unpaired) electrons. The van der Waals surface area contributed by atoms with Crippen molar-refractivity contribution >= 4 is 62.4 Å². The predicted octanol–water partition coefficient (Wildman–Crippen LogP) is 5.74. The summed E-state index contributed by atoms with van der Waals surface area (Å²) in [6.45, 7) is 2.20. The minimum absolute atomic E-state index is 0.0270. The van der Waals surface area contributed by atoms with E-state index in [1.165, 1.54) is 33.6 Å². The molecule has 0 aliphatic heterocycles. The van der Waals surface area contributed by atoms with Crippen LogP contribution in [0.15, 0.2) is 82.1 Å². The Balaban J connectivity index is 1.34. The lowest BCUT2D eigenvalue weighted by Crippen LogP contribution is -2.32. The molecule has 6 aromatic rings. The molecule has 2 N–H and O–H groups in total. The molecule has 4 heterocycles. The number of benzene rings is 2. The fraction of sp³-hybridized carbons (Fsp3) is 0.161. The molecule has 2 aromatic carbocycles. The van der Waals surface area contributed by atoms with Gasteiger partial charge >= 0.3 is 0 Å². The van der Waals surface area contributed by atoms with Gasteiger partial charge in [0.05, 0.1) is 18.1 Å². The Hall–Kier alpha value is -4.52. The SMILES string of the molecule is COc1ccc(CCn2c(=N)c(C(=O)Nc3nnc(SCc4ccccc4Cl)s3)cc3c(=O)n4cccc(C)c4nc32)cc1. The van der Waals surface area contributed by atoms with Gasteiger partial charge in [0.1, 0.15) is 22.5 Å². The third-order valence-corrected chi connectivity index (χ3v) is 9.49. The fourth-order valence-corrected chi connectivity index (χ4v) is 6.79. The number of aromatic nitrogens is 5. The molecular weight excluding hydrogens is 618 g/mol. The quantitative estimate of drug-likeness (QED) is 0.117. The number of hydrogen-bond acceptors (Lipinski definition) is 9. The normalized spacial score (nSPS) is 11.2. The molecule has 44 heavy (non-hydrogen) atoms. The maximum absolute atomic E-state index is 13.7. The number of anilines is 1. The summed E-state index contributed by atoms with van der Waals surface area (Å²) in [5.41, 5.74) is 3.27. The van der Waals surface area contributed by atoms with Crippen LogP contribution in [0, 0.1) is 12.3 Å². The highest BCUT2D eigenvalue weighted by atomic mass is 35.5. The molecule has 222 valence electrons. The summed E-state index contributed by atoms with van der Waals surface area (Å²) in [7, 11) is 1.61. The Labute approximate surface area is 264 Å². The summed E-state index contributed by atoms with van der Waals surface area (Å²) in [5.74, 6) is 0.774. The number of hydrogen-bond donors (Lipinski definition) is 2. The zero-order valence-corrected chi connectivity index (χ0v) is 26.1. The van der Waals surface area contributed by atoms with Gasteiger partial charge in [0.25, 0.3) is 11.5 Å². The van der Waals surface area contributed by atoms with E-state index >= 15 is 0 Å². The van der Waals surface area contributed by atoms with E-state index in [1.807, 2.05) is 61.5 Å². The van der Waals surface area contributed by atoms with Crippen LogP contribution in [0.3, 0.4) is 0 Å². The summed E-state index contributed by atoms with van der Waals surface area (Å²) < 4.78 is 9.00. The first kappa shape index (κ1) is 29.5. The van der Waals surface area contributed by atoms with E-state index in [4.69, 9.17) is 26.7 Å². The van der Waals surface area contributed by atoms with Crippen molar-refractivity contribution in [3.05, 3.63) is 116 Å². The number of halogens is 1. The maximum Gasteiger partial charge on any atom is 0.267 e. The molecule has 0 aliphatic carbocycles. The number of methoxy groups -OCH3 is 1. The smallest absolute Gasteiger partial charge is 0.267 e. The van der Waals surface area contributed by atoms with Crippen molar-refractivity contribution < 1.29 is 9.53 Å². The first-order chi connectivity index (χ1) is 21.3. The zero-order chi connectivity index (χ0) is 30.8. The van der Waals surface area contributed by atoms with Crippen molar-refractivity contribution in [1.29, 1.82) is 5.41 Å². The average Bonchev–Trinajstić information content (AvgIpc) is 3.48. The number of pyridine rings is 2. The molecule has 0 aliphatic rings. The lowest BCUT2D eigenvalue weighted by molar-refractivity contribution is 0.102. The second kappa shape index (κ2) is 12.6. The molecule has 0 bridgehead atoms. The van der Waals surface area contributed by atoms with Gasteiger partial charge in [-0.3, -0.25) is 24.7 Å². The van der Waals surface area contributed by atoms with Gasteiger partial charge in [-0.25, -0.2) is 4.98 Å². The summed E-state index contributed by atoms with van der Waals surface area (Å²) in [6.07, 6.45) is 2.19. The summed E-state index contributed by atoms with van der Waals surface area (Å²) >= 11 is 8.94. The van der Waals surface area contributed by atoms with Crippen LogP contribution in [0.5, 0.6) is 5.75 Å². The van der Waals surface area contributed by atoms with Gasteiger partial charge in [0.2, 0.25) is 5.13 Å². The van der Waals surface area contributed by atoms with Crippen molar-refractivity contribution in [2.45, 2.75) is 30.0 Å². The molecular formula is C31H26ClN7O3S2. The molecule has 6 rings (SSSR count). The lowest BCUT2D eigenvalue weighted by Gasteiger charge is -2.15. The first-order valence-corrected chi connectivity index (χ1v) is 15.7. The Bertz CT molecular complexity index is 2140. The van der Waals surface area contributed by atoms with Crippen LogP contribution in [0.4, 0.5) is 5.13 Å². The zero-order valence-electron chi connectivity index (χ0n) is 23.7. The van der Waals surface area contributed by atoms with Gasteiger partial charge in [0.15, 0.2) is 4.34 Å². The van der Waals surface area contributed by atoms with Crippen LogP contribution in [0.1, 0.15) is 27.0 Å². The largest absolute Gasteiger partial charge is 0.497 e. The van der Waals surface area contributed by atoms with Crippen molar-refractivity contribution in [3.63, 3.8) is 0 Å². The summed E-state index contributed by atoms with van der Waals surface area (Å²) in [6, 6.07) is 20.3. The second-order valence-corrected chi connectivity index (χ2v) is 12.5. The van der Waals surface area contributed by atoms with Crippen molar-refractivity contribution in [2.75, 3.05) is 12.4 Å². The van der Waals surface area contributed by atoms with Crippen LogP contribution >= 0.6 is 34.7 Å². The Kier molecular flexibility index (Phi) is 8.47. The van der Waals surface area contributed by atoms with E-state index in [1.54, 1.807) is 23.9 Å². The molecule has 10 nitrogen and oxygen atoms in total. The van der Waals surface area contributed by atoms with Crippen LogP contribution in [-0.4, -0.2) is 37.2 Å². The number of carbonyl (C=O) groups is 1. The van der Waals surface area contributed by atoms with Gasteiger partial charge in [-0.05, 0) is 60.4 Å². The number of fused-ring (bicyclic) bond motifs is 2. The molecule has 0 spiro atoms. The number of amides is 1.